The normalized spacial score (nSPS) is 24.2. The summed E-state index contributed by atoms with van der Waals surface area (Å²) in [6, 6.07) is 5.24. The van der Waals surface area contributed by atoms with Crippen LogP contribution in [0, 0.1) is 6.92 Å². The second-order valence-corrected chi connectivity index (χ2v) is 11.0. The number of fused-ring (bicyclic) bond motifs is 2. The molecule has 0 spiro atoms. The highest BCUT2D eigenvalue weighted by atomic mass is 32.2. The van der Waals surface area contributed by atoms with Crippen LogP contribution in [-0.2, 0) is 17.4 Å². The van der Waals surface area contributed by atoms with Crippen LogP contribution in [0.4, 0.5) is 17.3 Å². The van der Waals surface area contributed by atoms with Gasteiger partial charge in [0.05, 0.1) is 11.3 Å². The van der Waals surface area contributed by atoms with Gasteiger partial charge >= 0.3 is 0 Å². The smallest absolute Gasteiger partial charge is 0.146 e. The average molecular weight is 455 g/mol. The number of anilines is 3. The SMILES string of the molecule is Cc1cc(C2CN(C3CCNC3)C2)cc2c1OCc1c(ncnc1N1CCS(=O)CC1)N2. The molecule has 1 atom stereocenters. The Morgan fingerprint density at radius 3 is 2.81 bits per heavy atom. The highest BCUT2D eigenvalue weighted by Crippen LogP contribution is 2.41. The highest BCUT2D eigenvalue weighted by Gasteiger charge is 2.35. The van der Waals surface area contributed by atoms with E-state index in [4.69, 9.17) is 4.74 Å². The number of nitrogens with zero attached hydrogens (tertiary/aromatic N) is 4. The molecule has 1 aromatic carbocycles. The molecule has 5 heterocycles. The van der Waals surface area contributed by atoms with Gasteiger partial charge in [-0.2, -0.15) is 0 Å². The molecule has 2 N–H and O–H groups in total. The highest BCUT2D eigenvalue weighted by molar-refractivity contribution is 7.85. The Hall–Kier alpha value is -2.23. The van der Waals surface area contributed by atoms with Crippen molar-refractivity contribution in [3.8, 4) is 5.75 Å². The van der Waals surface area contributed by atoms with E-state index in [1.54, 1.807) is 6.33 Å². The van der Waals surface area contributed by atoms with Crippen LogP contribution in [0.2, 0.25) is 0 Å². The number of aromatic nitrogens is 2. The topological polar surface area (TPSA) is 82.6 Å². The third kappa shape index (κ3) is 3.66. The molecular weight excluding hydrogens is 424 g/mol. The van der Waals surface area contributed by atoms with E-state index in [0.717, 1.165) is 73.5 Å². The molecule has 1 aromatic heterocycles. The summed E-state index contributed by atoms with van der Waals surface area (Å²) in [6.07, 6.45) is 2.88. The fourth-order valence-corrected chi connectivity index (χ4v) is 6.38. The fraction of sp³-hybridized carbons (Fsp3) is 0.565. The number of hydrogen-bond acceptors (Lipinski definition) is 8. The summed E-state index contributed by atoms with van der Waals surface area (Å²) in [5, 5.41) is 7.03. The number of rotatable bonds is 3. The lowest BCUT2D eigenvalue weighted by molar-refractivity contribution is 0.101. The van der Waals surface area contributed by atoms with Crippen LogP contribution >= 0.6 is 0 Å². The number of ether oxygens (including phenoxy) is 1. The molecular formula is C23H30N6O2S. The minimum Gasteiger partial charge on any atom is -0.486 e. The zero-order valence-corrected chi connectivity index (χ0v) is 19.3. The van der Waals surface area contributed by atoms with Crippen molar-refractivity contribution in [2.45, 2.75) is 31.9 Å². The molecule has 32 heavy (non-hydrogen) atoms. The molecule has 0 amide bonds. The number of hydrogen-bond donors (Lipinski definition) is 2. The second kappa shape index (κ2) is 8.28. The van der Waals surface area contributed by atoms with E-state index in [2.05, 4.69) is 49.5 Å². The number of nitrogens with one attached hydrogen (secondary N) is 2. The minimum atomic E-state index is -0.721. The van der Waals surface area contributed by atoms with Gasteiger partial charge in [-0.3, -0.25) is 9.11 Å². The lowest BCUT2D eigenvalue weighted by Crippen LogP contribution is -2.51. The van der Waals surface area contributed by atoms with E-state index < -0.39 is 10.8 Å². The first-order valence-electron chi connectivity index (χ1n) is 11.6. The summed E-state index contributed by atoms with van der Waals surface area (Å²) in [5.74, 6) is 4.54. The summed E-state index contributed by atoms with van der Waals surface area (Å²) in [5.41, 5.74) is 4.49. The van der Waals surface area contributed by atoms with E-state index >= 15 is 0 Å². The van der Waals surface area contributed by atoms with Gasteiger partial charge < -0.3 is 20.3 Å². The summed E-state index contributed by atoms with van der Waals surface area (Å²) < 4.78 is 18.1. The zero-order valence-electron chi connectivity index (χ0n) is 18.5. The molecule has 0 aliphatic carbocycles. The Kier molecular flexibility index (Phi) is 5.27. The van der Waals surface area contributed by atoms with Crippen LogP contribution in [0.1, 0.15) is 29.0 Å². The maximum atomic E-state index is 11.8. The predicted molar refractivity (Wildman–Crippen MR) is 127 cm³/mol. The van der Waals surface area contributed by atoms with E-state index in [9.17, 15) is 4.21 Å². The molecule has 0 bridgehead atoms. The standard InChI is InChI=1S/C23H30N6O2S/c1-15-8-16(17-11-29(12-17)18-2-3-24-10-18)9-20-21(15)31-13-19-22(27-20)25-14-26-23(19)28-4-6-32(30)7-5-28/h8-9,14,17-18,24H,2-7,10-13H2,1H3,(H,25,26,27). The number of aryl methyl sites for hydroxylation is 1. The predicted octanol–water partition coefficient (Wildman–Crippen LogP) is 1.75. The monoisotopic (exact) mass is 454 g/mol. The molecule has 4 aliphatic rings. The maximum Gasteiger partial charge on any atom is 0.146 e. The van der Waals surface area contributed by atoms with Crippen molar-refractivity contribution in [3.63, 3.8) is 0 Å². The number of benzene rings is 1. The van der Waals surface area contributed by atoms with Gasteiger partial charge in [0.15, 0.2) is 0 Å². The lowest BCUT2D eigenvalue weighted by atomic mass is 9.88. The van der Waals surface area contributed by atoms with Gasteiger partial charge in [0.2, 0.25) is 0 Å². The molecule has 1 unspecified atom stereocenters. The molecule has 2 aromatic rings. The van der Waals surface area contributed by atoms with Gasteiger partial charge in [0.25, 0.3) is 0 Å². The quantitative estimate of drug-likeness (QED) is 0.726. The first-order chi connectivity index (χ1) is 15.7. The Morgan fingerprint density at radius 1 is 1.19 bits per heavy atom. The van der Waals surface area contributed by atoms with Gasteiger partial charge in [0, 0.05) is 67.0 Å². The van der Waals surface area contributed by atoms with Crippen molar-refractivity contribution in [2.24, 2.45) is 0 Å². The molecule has 3 saturated heterocycles. The molecule has 6 rings (SSSR count). The second-order valence-electron chi connectivity index (χ2n) is 9.29. The third-order valence-corrected chi connectivity index (χ3v) is 8.52. The van der Waals surface area contributed by atoms with Crippen molar-refractivity contribution in [1.82, 2.24) is 20.2 Å². The van der Waals surface area contributed by atoms with Gasteiger partial charge in [-0.05, 0) is 37.1 Å². The van der Waals surface area contributed by atoms with Crippen LogP contribution in [0.25, 0.3) is 0 Å². The van der Waals surface area contributed by atoms with E-state index in [0.29, 0.717) is 30.1 Å². The summed E-state index contributed by atoms with van der Waals surface area (Å²) in [6.45, 7) is 8.58. The Bertz CT molecular complexity index is 1040. The summed E-state index contributed by atoms with van der Waals surface area (Å²) in [4.78, 5) is 13.9. The largest absolute Gasteiger partial charge is 0.486 e. The average Bonchev–Trinajstić information content (AvgIpc) is 3.20. The van der Waals surface area contributed by atoms with Crippen LogP contribution < -0.4 is 20.3 Å². The van der Waals surface area contributed by atoms with Crippen LogP contribution in [0.5, 0.6) is 5.75 Å². The van der Waals surface area contributed by atoms with Crippen LogP contribution in [0.3, 0.4) is 0 Å². The first kappa shape index (κ1) is 20.4. The Balaban J connectivity index is 1.25. The Labute approximate surface area is 191 Å². The van der Waals surface area contributed by atoms with Gasteiger partial charge in [-0.25, -0.2) is 9.97 Å². The van der Waals surface area contributed by atoms with Crippen molar-refractivity contribution >= 4 is 28.1 Å². The summed E-state index contributed by atoms with van der Waals surface area (Å²) >= 11 is 0. The molecule has 3 fully saturated rings. The van der Waals surface area contributed by atoms with Crippen molar-refractivity contribution in [2.75, 3.05) is 61.0 Å². The van der Waals surface area contributed by atoms with E-state index in [1.807, 2.05) is 0 Å². The first-order valence-corrected chi connectivity index (χ1v) is 13.1. The molecule has 8 nitrogen and oxygen atoms in total. The molecule has 170 valence electrons. The molecule has 0 radical (unpaired) electrons. The number of likely N-dealkylation sites (tertiary alicyclic amines) is 1. The lowest BCUT2D eigenvalue weighted by Gasteiger charge is -2.43. The zero-order chi connectivity index (χ0) is 21.7. The van der Waals surface area contributed by atoms with Gasteiger partial charge in [0.1, 0.15) is 30.3 Å². The molecule has 9 heteroatoms. The van der Waals surface area contributed by atoms with Crippen LogP contribution in [-0.4, -0.2) is 75.9 Å². The van der Waals surface area contributed by atoms with Crippen molar-refractivity contribution in [1.29, 1.82) is 0 Å². The van der Waals surface area contributed by atoms with E-state index in [-0.39, 0.29) is 0 Å². The Morgan fingerprint density at radius 2 is 2.03 bits per heavy atom. The van der Waals surface area contributed by atoms with Gasteiger partial charge in [-0.1, -0.05) is 6.07 Å². The maximum absolute atomic E-state index is 11.8. The molecule has 0 saturated carbocycles. The molecule has 4 aliphatic heterocycles. The van der Waals surface area contributed by atoms with E-state index in [1.165, 1.54) is 12.0 Å². The summed E-state index contributed by atoms with van der Waals surface area (Å²) in [7, 11) is -0.721. The van der Waals surface area contributed by atoms with Crippen molar-refractivity contribution < 1.29 is 8.95 Å². The van der Waals surface area contributed by atoms with Gasteiger partial charge in [-0.15, -0.1) is 0 Å². The fourth-order valence-electron chi connectivity index (χ4n) is 5.33. The minimum absolute atomic E-state index is 0.428. The van der Waals surface area contributed by atoms with Crippen molar-refractivity contribution in [3.05, 3.63) is 35.2 Å². The van der Waals surface area contributed by atoms with Crippen LogP contribution in [0.15, 0.2) is 18.5 Å². The third-order valence-electron chi connectivity index (χ3n) is 7.24.